The van der Waals surface area contributed by atoms with Gasteiger partial charge in [-0.25, -0.2) is 0 Å². The van der Waals surface area contributed by atoms with E-state index in [4.69, 9.17) is 9.47 Å². The molecule has 7 nitrogen and oxygen atoms in total. The lowest BCUT2D eigenvalue weighted by Crippen LogP contribution is -2.17. The van der Waals surface area contributed by atoms with Crippen molar-refractivity contribution in [3.63, 3.8) is 0 Å². The normalized spacial score (nSPS) is 10.9. The van der Waals surface area contributed by atoms with Crippen molar-refractivity contribution in [1.29, 1.82) is 0 Å². The van der Waals surface area contributed by atoms with Crippen molar-refractivity contribution < 1.29 is 19.2 Å². The summed E-state index contributed by atoms with van der Waals surface area (Å²) in [5, 5.41) is 14.5. The number of hydrogen-bond acceptors (Lipinski definition) is 5. The first-order valence-corrected chi connectivity index (χ1v) is 9.64. The molecule has 0 atom stereocenters. The summed E-state index contributed by atoms with van der Waals surface area (Å²) in [5.74, 6) is 0.281. The number of carbonyl (C=O) groups is 1. The quantitative estimate of drug-likeness (QED) is 0.467. The van der Waals surface area contributed by atoms with Gasteiger partial charge >= 0.3 is 0 Å². The monoisotopic (exact) mass is 400 g/mol. The van der Waals surface area contributed by atoms with Gasteiger partial charge < -0.3 is 14.8 Å². The van der Waals surface area contributed by atoms with Gasteiger partial charge in [-0.3, -0.25) is 14.9 Å². The molecule has 0 fully saturated rings. The standard InChI is InChI=1S/C22H28N2O5/c1-7-29-20-12-18(24(26)27)17(11-19(20)28-6)22(25)23-21-15(13(2)3)9-8-10-16(21)14(4)5/h8-14H,7H2,1-6H3,(H,23,25). The fourth-order valence-corrected chi connectivity index (χ4v) is 3.19. The predicted molar refractivity (Wildman–Crippen MR) is 113 cm³/mol. The molecule has 0 aliphatic carbocycles. The lowest BCUT2D eigenvalue weighted by Gasteiger charge is -2.20. The van der Waals surface area contributed by atoms with Crippen LogP contribution in [-0.4, -0.2) is 24.5 Å². The highest BCUT2D eigenvalue weighted by Gasteiger charge is 2.26. The van der Waals surface area contributed by atoms with Gasteiger partial charge in [0.15, 0.2) is 11.5 Å². The van der Waals surface area contributed by atoms with E-state index in [9.17, 15) is 14.9 Å². The van der Waals surface area contributed by atoms with Crippen molar-refractivity contribution in [3.8, 4) is 11.5 Å². The summed E-state index contributed by atoms with van der Waals surface area (Å²) in [6.45, 7) is 10.2. The molecule has 0 radical (unpaired) electrons. The fourth-order valence-electron chi connectivity index (χ4n) is 3.19. The van der Waals surface area contributed by atoms with Crippen LogP contribution < -0.4 is 14.8 Å². The highest BCUT2D eigenvalue weighted by molar-refractivity contribution is 6.08. The zero-order valence-electron chi connectivity index (χ0n) is 17.7. The van der Waals surface area contributed by atoms with Crippen LogP contribution in [0.4, 0.5) is 11.4 Å². The molecule has 0 unspecified atom stereocenters. The Morgan fingerprint density at radius 1 is 1.10 bits per heavy atom. The van der Waals surface area contributed by atoms with Crippen LogP contribution in [0.2, 0.25) is 0 Å². The average molecular weight is 400 g/mol. The number of nitrogens with one attached hydrogen (secondary N) is 1. The van der Waals surface area contributed by atoms with Crippen LogP contribution in [0.1, 0.15) is 67.9 Å². The van der Waals surface area contributed by atoms with Crippen molar-refractivity contribution >= 4 is 17.3 Å². The van der Waals surface area contributed by atoms with Crippen molar-refractivity contribution in [3.05, 3.63) is 57.1 Å². The summed E-state index contributed by atoms with van der Waals surface area (Å²) in [6.07, 6.45) is 0. The number of ether oxygens (including phenoxy) is 2. The maximum Gasteiger partial charge on any atom is 0.286 e. The Balaban J connectivity index is 2.58. The molecule has 0 heterocycles. The van der Waals surface area contributed by atoms with Crippen molar-refractivity contribution in [2.45, 2.75) is 46.5 Å². The Morgan fingerprint density at radius 3 is 2.14 bits per heavy atom. The third kappa shape index (κ3) is 4.85. The van der Waals surface area contributed by atoms with Crippen molar-refractivity contribution in [2.24, 2.45) is 0 Å². The Labute approximate surface area is 171 Å². The number of nitro groups is 1. The first-order valence-electron chi connectivity index (χ1n) is 9.64. The van der Waals surface area contributed by atoms with Crippen LogP contribution in [0.15, 0.2) is 30.3 Å². The third-order valence-electron chi connectivity index (χ3n) is 4.63. The smallest absolute Gasteiger partial charge is 0.286 e. The van der Waals surface area contributed by atoms with Gasteiger partial charge in [-0.05, 0) is 29.9 Å². The molecule has 2 aromatic rings. The van der Waals surface area contributed by atoms with E-state index in [0.717, 1.165) is 11.1 Å². The van der Waals surface area contributed by atoms with Crippen LogP contribution in [0.5, 0.6) is 11.5 Å². The van der Waals surface area contributed by atoms with E-state index in [2.05, 4.69) is 5.32 Å². The van der Waals surface area contributed by atoms with E-state index in [1.165, 1.54) is 19.2 Å². The number of nitrogens with zero attached hydrogens (tertiary/aromatic N) is 1. The molecule has 1 N–H and O–H groups in total. The van der Waals surface area contributed by atoms with Gasteiger partial charge in [0.25, 0.3) is 11.6 Å². The number of amides is 1. The molecule has 2 rings (SSSR count). The molecule has 0 aliphatic heterocycles. The maximum absolute atomic E-state index is 13.1. The number of para-hydroxylation sites is 1. The van der Waals surface area contributed by atoms with Crippen molar-refractivity contribution in [1.82, 2.24) is 0 Å². The van der Waals surface area contributed by atoms with E-state index in [1.807, 2.05) is 45.9 Å². The molecule has 0 aromatic heterocycles. The summed E-state index contributed by atoms with van der Waals surface area (Å²) in [4.78, 5) is 24.1. The molecule has 0 aliphatic rings. The third-order valence-corrected chi connectivity index (χ3v) is 4.63. The molecule has 0 saturated heterocycles. The second-order valence-electron chi connectivity index (χ2n) is 7.29. The maximum atomic E-state index is 13.1. The Morgan fingerprint density at radius 2 is 1.69 bits per heavy atom. The van der Waals surface area contributed by atoms with Gasteiger partial charge in [0, 0.05) is 11.8 Å². The number of anilines is 1. The van der Waals surface area contributed by atoms with Gasteiger partial charge in [-0.2, -0.15) is 0 Å². The largest absolute Gasteiger partial charge is 0.493 e. The Hall–Kier alpha value is -3.09. The first-order chi connectivity index (χ1) is 13.7. The second-order valence-corrected chi connectivity index (χ2v) is 7.29. The van der Waals surface area contributed by atoms with E-state index >= 15 is 0 Å². The summed E-state index contributed by atoms with van der Waals surface area (Å²) >= 11 is 0. The van der Waals surface area contributed by atoms with E-state index < -0.39 is 10.8 Å². The van der Waals surface area contributed by atoms with Crippen LogP contribution in [-0.2, 0) is 0 Å². The lowest BCUT2D eigenvalue weighted by atomic mass is 9.92. The molecule has 29 heavy (non-hydrogen) atoms. The van der Waals surface area contributed by atoms with Crippen LogP contribution in [0.25, 0.3) is 0 Å². The first kappa shape index (κ1) is 22.2. The molecule has 0 saturated carbocycles. The molecular weight excluding hydrogens is 372 g/mol. The Bertz CT molecular complexity index is 880. The Kier molecular flexibility index (Phi) is 7.20. The summed E-state index contributed by atoms with van der Waals surface area (Å²) in [6, 6.07) is 8.46. The van der Waals surface area contributed by atoms with E-state index in [1.54, 1.807) is 6.92 Å². The van der Waals surface area contributed by atoms with Crippen LogP contribution in [0.3, 0.4) is 0 Å². The van der Waals surface area contributed by atoms with Crippen LogP contribution >= 0.6 is 0 Å². The topological polar surface area (TPSA) is 90.7 Å². The minimum absolute atomic E-state index is 0.0800. The van der Waals surface area contributed by atoms with Crippen LogP contribution in [0, 0.1) is 10.1 Å². The van der Waals surface area contributed by atoms with Gasteiger partial charge in [0.1, 0.15) is 5.56 Å². The number of nitro benzene ring substituents is 1. The number of carbonyl (C=O) groups excluding carboxylic acids is 1. The average Bonchev–Trinajstić information content (AvgIpc) is 2.67. The van der Waals surface area contributed by atoms with Gasteiger partial charge in [-0.15, -0.1) is 0 Å². The zero-order valence-corrected chi connectivity index (χ0v) is 17.7. The molecule has 0 spiro atoms. The molecule has 7 heteroatoms. The molecular formula is C22H28N2O5. The minimum atomic E-state index is -0.589. The molecule has 0 bridgehead atoms. The highest BCUT2D eigenvalue weighted by Crippen LogP contribution is 2.37. The summed E-state index contributed by atoms with van der Waals surface area (Å²) in [5.41, 5.74) is 2.24. The number of hydrogen-bond donors (Lipinski definition) is 1. The SMILES string of the molecule is CCOc1cc([N+](=O)[O-])c(C(=O)Nc2c(C(C)C)cccc2C(C)C)cc1OC. The zero-order chi connectivity index (χ0) is 21.7. The van der Waals surface area contributed by atoms with E-state index in [0.29, 0.717) is 12.3 Å². The van der Waals surface area contributed by atoms with Gasteiger partial charge in [0.05, 0.1) is 24.7 Å². The lowest BCUT2D eigenvalue weighted by molar-refractivity contribution is -0.385. The number of rotatable bonds is 8. The highest BCUT2D eigenvalue weighted by atomic mass is 16.6. The van der Waals surface area contributed by atoms with E-state index in [-0.39, 0.29) is 34.6 Å². The summed E-state index contributed by atoms with van der Waals surface area (Å²) < 4.78 is 10.7. The fraction of sp³-hybridized carbons (Fsp3) is 0.409. The summed E-state index contributed by atoms with van der Waals surface area (Å²) in [7, 11) is 1.43. The van der Waals surface area contributed by atoms with Crippen molar-refractivity contribution in [2.75, 3.05) is 19.0 Å². The van der Waals surface area contributed by atoms with Gasteiger partial charge in [0.2, 0.25) is 0 Å². The molecule has 1 amide bonds. The second kappa shape index (κ2) is 9.41. The number of benzene rings is 2. The molecule has 2 aromatic carbocycles. The molecule has 156 valence electrons. The predicted octanol–water partition coefficient (Wildman–Crippen LogP) is 5.50. The minimum Gasteiger partial charge on any atom is -0.493 e. The number of methoxy groups -OCH3 is 1. The van der Waals surface area contributed by atoms with Gasteiger partial charge in [-0.1, -0.05) is 45.9 Å².